The lowest BCUT2D eigenvalue weighted by Gasteiger charge is -2.18. The molecule has 0 fully saturated rings. The molecular weight excluding hydrogens is 406 g/mol. The van der Waals surface area contributed by atoms with Gasteiger partial charge in [0, 0.05) is 37.2 Å². The van der Waals surface area contributed by atoms with Crippen molar-refractivity contribution in [3.05, 3.63) is 66.7 Å². The first kappa shape index (κ1) is 22.8. The molecule has 7 heteroatoms. The molecule has 3 aromatic rings. The molecule has 2 N–H and O–H groups in total. The van der Waals surface area contributed by atoms with Crippen LogP contribution < -0.4 is 29.7 Å². The Morgan fingerprint density at radius 2 is 1.44 bits per heavy atom. The van der Waals surface area contributed by atoms with Crippen LogP contribution in [-0.4, -0.2) is 40.3 Å². The van der Waals surface area contributed by atoms with E-state index in [1.807, 2.05) is 73.6 Å². The molecule has 0 heterocycles. The van der Waals surface area contributed by atoms with Gasteiger partial charge < -0.3 is 29.7 Å². The second kappa shape index (κ2) is 10.4. The van der Waals surface area contributed by atoms with E-state index in [4.69, 9.17) is 14.2 Å². The maximum absolute atomic E-state index is 12.6. The Morgan fingerprint density at radius 1 is 0.812 bits per heavy atom. The van der Waals surface area contributed by atoms with Crippen LogP contribution in [0, 0.1) is 0 Å². The molecule has 0 aliphatic carbocycles. The van der Waals surface area contributed by atoms with Gasteiger partial charge in [-0.3, -0.25) is 4.79 Å². The molecule has 32 heavy (non-hydrogen) atoms. The largest absolute Gasteiger partial charge is 0.497 e. The summed E-state index contributed by atoms with van der Waals surface area (Å²) in [6.45, 7) is 1.80. The Hall–Kier alpha value is -3.87. The van der Waals surface area contributed by atoms with Gasteiger partial charge in [0.2, 0.25) is 5.91 Å². The van der Waals surface area contributed by atoms with Gasteiger partial charge in [0.1, 0.15) is 17.5 Å². The molecule has 3 aromatic carbocycles. The van der Waals surface area contributed by atoms with Crippen LogP contribution in [0.15, 0.2) is 66.7 Å². The third kappa shape index (κ3) is 5.85. The zero-order chi connectivity index (χ0) is 23.1. The minimum atomic E-state index is -0.467. The number of anilines is 3. The Morgan fingerprint density at radius 3 is 2.03 bits per heavy atom. The number of amides is 1. The fourth-order valence-electron chi connectivity index (χ4n) is 3.03. The van der Waals surface area contributed by atoms with Crippen molar-refractivity contribution in [1.82, 2.24) is 0 Å². The van der Waals surface area contributed by atoms with Crippen molar-refractivity contribution >= 4 is 23.0 Å². The molecule has 7 nitrogen and oxygen atoms in total. The number of nitrogens with zero attached hydrogens (tertiary/aromatic N) is 1. The minimum absolute atomic E-state index is 0.143. The first-order valence-corrected chi connectivity index (χ1v) is 10.2. The smallest absolute Gasteiger partial charge is 0.246 e. The Kier molecular flexibility index (Phi) is 7.44. The molecule has 0 spiro atoms. The standard InChI is InChI=1S/C25H29N3O4/c1-17(25(29)27-18-6-9-20(10-7-18)28(2)3)26-19-8-15-23(31-5)24(16-19)32-22-13-11-21(30-4)12-14-22/h6-17,26H,1-5H3,(H,27,29). The summed E-state index contributed by atoms with van der Waals surface area (Å²) in [4.78, 5) is 14.6. The molecular formula is C25H29N3O4. The highest BCUT2D eigenvalue weighted by Crippen LogP contribution is 2.34. The average molecular weight is 436 g/mol. The van der Waals surface area contributed by atoms with Gasteiger partial charge in [-0.1, -0.05) is 0 Å². The van der Waals surface area contributed by atoms with E-state index in [-0.39, 0.29) is 5.91 Å². The summed E-state index contributed by atoms with van der Waals surface area (Å²) in [6, 6.07) is 19.9. The van der Waals surface area contributed by atoms with E-state index in [0.29, 0.717) is 17.2 Å². The second-order valence-electron chi connectivity index (χ2n) is 7.44. The van der Waals surface area contributed by atoms with Crippen LogP contribution in [-0.2, 0) is 4.79 Å². The van der Waals surface area contributed by atoms with Crippen molar-refractivity contribution in [1.29, 1.82) is 0 Å². The highest BCUT2D eigenvalue weighted by molar-refractivity contribution is 5.96. The number of hydrogen-bond acceptors (Lipinski definition) is 6. The predicted octanol–water partition coefficient (Wildman–Crippen LogP) is 5.00. The molecule has 0 saturated heterocycles. The summed E-state index contributed by atoms with van der Waals surface area (Å²) in [5.41, 5.74) is 2.55. The average Bonchev–Trinajstić information content (AvgIpc) is 2.80. The van der Waals surface area contributed by atoms with Crippen molar-refractivity contribution in [2.75, 3.05) is 43.8 Å². The lowest BCUT2D eigenvalue weighted by Crippen LogP contribution is -2.31. The van der Waals surface area contributed by atoms with E-state index in [9.17, 15) is 4.79 Å². The van der Waals surface area contributed by atoms with E-state index in [2.05, 4.69) is 10.6 Å². The van der Waals surface area contributed by atoms with Crippen LogP contribution in [0.2, 0.25) is 0 Å². The first-order chi connectivity index (χ1) is 15.4. The van der Waals surface area contributed by atoms with Gasteiger partial charge in [-0.25, -0.2) is 0 Å². The number of rotatable bonds is 9. The molecule has 168 valence electrons. The van der Waals surface area contributed by atoms with Crippen LogP contribution in [0.1, 0.15) is 6.92 Å². The fraction of sp³-hybridized carbons (Fsp3) is 0.240. The van der Waals surface area contributed by atoms with Crippen molar-refractivity contribution in [3.8, 4) is 23.0 Å². The highest BCUT2D eigenvalue weighted by atomic mass is 16.5. The molecule has 0 saturated carbocycles. The number of ether oxygens (including phenoxy) is 3. The first-order valence-electron chi connectivity index (χ1n) is 10.2. The quantitative estimate of drug-likeness (QED) is 0.493. The maximum atomic E-state index is 12.6. The molecule has 0 aliphatic heterocycles. The van der Waals surface area contributed by atoms with Gasteiger partial charge in [0.15, 0.2) is 11.5 Å². The topological polar surface area (TPSA) is 72.1 Å². The van der Waals surface area contributed by atoms with Crippen molar-refractivity contribution in [3.63, 3.8) is 0 Å². The summed E-state index contributed by atoms with van der Waals surface area (Å²) in [5.74, 6) is 2.37. The Bertz CT molecular complexity index is 1030. The number of methoxy groups -OCH3 is 2. The third-order valence-corrected chi connectivity index (χ3v) is 4.88. The van der Waals surface area contributed by atoms with E-state index < -0.39 is 6.04 Å². The minimum Gasteiger partial charge on any atom is -0.497 e. The zero-order valence-electron chi connectivity index (χ0n) is 19.0. The Labute approximate surface area is 188 Å². The number of hydrogen-bond donors (Lipinski definition) is 2. The summed E-state index contributed by atoms with van der Waals surface area (Å²) in [6.07, 6.45) is 0. The number of benzene rings is 3. The number of carbonyl (C=O) groups excluding carboxylic acids is 1. The van der Waals surface area contributed by atoms with E-state index in [1.54, 1.807) is 33.3 Å². The van der Waals surface area contributed by atoms with Crippen molar-refractivity contribution in [2.24, 2.45) is 0 Å². The van der Waals surface area contributed by atoms with Crippen LogP contribution in [0.5, 0.6) is 23.0 Å². The molecule has 0 radical (unpaired) electrons. The van der Waals surface area contributed by atoms with Gasteiger partial charge in [0.25, 0.3) is 0 Å². The van der Waals surface area contributed by atoms with Crippen molar-refractivity contribution in [2.45, 2.75) is 13.0 Å². The van der Waals surface area contributed by atoms with E-state index in [1.165, 1.54) is 0 Å². The lowest BCUT2D eigenvalue weighted by molar-refractivity contribution is -0.116. The highest BCUT2D eigenvalue weighted by Gasteiger charge is 2.15. The van der Waals surface area contributed by atoms with Crippen LogP contribution in [0.25, 0.3) is 0 Å². The van der Waals surface area contributed by atoms with Crippen molar-refractivity contribution < 1.29 is 19.0 Å². The fourth-order valence-corrected chi connectivity index (χ4v) is 3.03. The summed E-state index contributed by atoms with van der Waals surface area (Å²) < 4.78 is 16.6. The number of carbonyl (C=O) groups is 1. The van der Waals surface area contributed by atoms with Crippen LogP contribution in [0.4, 0.5) is 17.1 Å². The molecule has 0 aromatic heterocycles. The molecule has 3 rings (SSSR count). The number of nitrogens with one attached hydrogen (secondary N) is 2. The van der Waals surface area contributed by atoms with Crippen LogP contribution in [0.3, 0.4) is 0 Å². The Balaban J connectivity index is 1.67. The monoisotopic (exact) mass is 435 g/mol. The van der Waals surface area contributed by atoms with Gasteiger partial charge in [-0.05, 0) is 67.6 Å². The summed E-state index contributed by atoms with van der Waals surface area (Å²) in [7, 11) is 7.15. The molecule has 1 amide bonds. The van der Waals surface area contributed by atoms with Gasteiger partial charge in [0.05, 0.1) is 14.2 Å². The SMILES string of the molecule is COc1ccc(Oc2cc(NC(C)C(=O)Nc3ccc(N(C)C)cc3)ccc2OC)cc1. The molecule has 1 atom stereocenters. The summed E-state index contributed by atoms with van der Waals surface area (Å²) >= 11 is 0. The van der Waals surface area contributed by atoms with Gasteiger partial charge >= 0.3 is 0 Å². The maximum Gasteiger partial charge on any atom is 0.246 e. The van der Waals surface area contributed by atoms with Gasteiger partial charge in [-0.2, -0.15) is 0 Å². The van der Waals surface area contributed by atoms with Gasteiger partial charge in [-0.15, -0.1) is 0 Å². The third-order valence-electron chi connectivity index (χ3n) is 4.88. The molecule has 0 bridgehead atoms. The summed E-state index contributed by atoms with van der Waals surface area (Å²) in [5, 5.41) is 6.14. The normalized spacial score (nSPS) is 11.3. The van der Waals surface area contributed by atoms with E-state index in [0.717, 1.165) is 22.8 Å². The molecule has 1 unspecified atom stereocenters. The zero-order valence-corrected chi connectivity index (χ0v) is 19.0. The lowest BCUT2D eigenvalue weighted by atomic mass is 10.2. The predicted molar refractivity (Wildman–Crippen MR) is 129 cm³/mol. The molecule has 0 aliphatic rings. The second-order valence-corrected chi connectivity index (χ2v) is 7.44. The van der Waals surface area contributed by atoms with E-state index >= 15 is 0 Å². The van der Waals surface area contributed by atoms with Crippen LogP contribution >= 0.6 is 0 Å².